The average Bonchev–Trinajstić information content (AvgIpc) is 2.85. The molecule has 0 bridgehead atoms. The van der Waals surface area contributed by atoms with Crippen molar-refractivity contribution < 1.29 is 9.21 Å². The molecule has 0 amide bonds. The number of hydrogen-bond donors (Lipinski definition) is 0. The van der Waals surface area contributed by atoms with Gasteiger partial charge in [0.1, 0.15) is 11.3 Å². The fourth-order valence-electron chi connectivity index (χ4n) is 1.93. The standard InChI is InChI=1S/C12H11NO2S/c14-9-5-3-7-11(9)16-12-13-8-4-1-2-6-10(8)15-12/h1-2,4,6,11H,3,5,7H2. The fourth-order valence-corrected chi connectivity index (χ4v) is 3.00. The first-order chi connectivity index (χ1) is 7.83. The number of carbonyl (C=O) groups is 1. The lowest BCUT2D eigenvalue weighted by Crippen LogP contribution is -2.07. The van der Waals surface area contributed by atoms with Crippen LogP contribution in [0.5, 0.6) is 0 Å². The predicted molar refractivity (Wildman–Crippen MR) is 62.5 cm³/mol. The maximum Gasteiger partial charge on any atom is 0.257 e. The molecule has 16 heavy (non-hydrogen) atoms. The lowest BCUT2D eigenvalue weighted by atomic mass is 10.3. The number of benzene rings is 1. The highest BCUT2D eigenvalue weighted by atomic mass is 32.2. The Balaban J connectivity index is 1.86. The van der Waals surface area contributed by atoms with Gasteiger partial charge in [-0.2, -0.15) is 0 Å². The van der Waals surface area contributed by atoms with Crippen LogP contribution in [0.15, 0.2) is 33.9 Å². The Morgan fingerprint density at radius 1 is 1.38 bits per heavy atom. The zero-order chi connectivity index (χ0) is 11.0. The Morgan fingerprint density at radius 3 is 3.00 bits per heavy atom. The van der Waals surface area contributed by atoms with Gasteiger partial charge in [0.05, 0.1) is 5.25 Å². The topological polar surface area (TPSA) is 43.1 Å². The highest BCUT2D eigenvalue weighted by molar-refractivity contribution is 8.00. The minimum atomic E-state index is 0.0491. The van der Waals surface area contributed by atoms with E-state index in [4.69, 9.17) is 4.42 Å². The summed E-state index contributed by atoms with van der Waals surface area (Å²) in [5.74, 6) is 0.326. The van der Waals surface area contributed by atoms with E-state index in [2.05, 4.69) is 4.98 Å². The van der Waals surface area contributed by atoms with Gasteiger partial charge in [0.2, 0.25) is 0 Å². The summed E-state index contributed by atoms with van der Waals surface area (Å²) in [6.45, 7) is 0. The van der Waals surface area contributed by atoms with E-state index in [0.717, 1.165) is 23.9 Å². The second kappa shape index (κ2) is 3.94. The summed E-state index contributed by atoms with van der Waals surface area (Å²) in [6, 6.07) is 7.66. The maximum absolute atomic E-state index is 11.5. The Labute approximate surface area is 97.2 Å². The molecule has 0 aliphatic heterocycles. The van der Waals surface area contributed by atoms with Crippen molar-refractivity contribution in [3.63, 3.8) is 0 Å². The van der Waals surface area contributed by atoms with Crippen LogP contribution in [-0.2, 0) is 4.79 Å². The van der Waals surface area contributed by atoms with Crippen LogP contribution >= 0.6 is 11.8 Å². The average molecular weight is 233 g/mol. The minimum absolute atomic E-state index is 0.0491. The molecule has 3 rings (SSSR count). The van der Waals surface area contributed by atoms with Gasteiger partial charge in [0, 0.05) is 6.42 Å². The molecule has 1 aliphatic rings. The van der Waals surface area contributed by atoms with Crippen LogP contribution in [0, 0.1) is 0 Å². The zero-order valence-electron chi connectivity index (χ0n) is 8.68. The van der Waals surface area contributed by atoms with E-state index >= 15 is 0 Å². The van der Waals surface area contributed by atoms with E-state index in [1.54, 1.807) is 0 Å². The van der Waals surface area contributed by atoms with E-state index in [1.165, 1.54) is 11.8 Å². The van der Waals surface area contributed by atoms with Crippen LogP contribution in [0.1, 0.15) is 19.3 Å². The van der Waals surface area contributed by atoms with Crippen LogP contribution in [0.4, 0.5) is 0 Å². The van der Waals surface area contributed by atoms with Crippen molar-refractivity contribution in [1.82, 2.24) is 4.98 Å². The molecule has 1 unspecified atom stereocenters. The van der Waals surface area contributed by atoms with Gasteiger partial charge in [-0.3, -0.25) is 4.79 Å². The first-order valence-electron chi connectivity index (χ1n) is 5.38. The fraction of sp³-hybridized carbons (Fsp3) is 0.333. The third kappa shape index (κ3) is 1.73. The van der Waals surface area contributed by atoms with Crippen molar-refractivity contribution in [2.75, 3.05) is 0 Å². The van der Waals surface area contributed by atoms with Crippen molar-refractivity contribution in [2.24, 2.45) is 0 Å². The molecule has 1 fully saturated rings. The van der Waals surface area contributed by atoms with Crippen molar-refractivity contribution in [3.05, 3.63) is 24.3 Å². The second-order valence-electron chi connectivity index (χ2n) is 3.91. The van der Waals surface area contributed by atoms with E-state index in [9.17, 15) is 4.79 Å². The summed E-state index contributed by atoms with van der Waals surface area (Å²) in [4.78, 5) is 15.9. The molecule has 1 aliphatic carbocycles. The van der Waals surface area contributed by atoms with E-state index in [0.29, 0.717) is 17.4 Å². The third-order valence-corrected chi connectivity index (χ3v) is 3.93. The van der Waals surface area contributed by atoms with E-state index in [1.807, 2.05) is 24.3 Å². The minimum Gasteiger partial charge on any atom is -0.431 e. The van der Waals surface area contributed by atoms with Crippen molar-refractivity contribution in [2.45, 2.75) is 29.7 Å². The first kappa shape index (κ1) is 9.90. The molecule has 1 saturated carbocycles. The number of carbonyl (C=O) groups excluding carboxylic acids is 1. The van der Waals surface area contributed by atoms with Gasteiger partial charge in [-0.25, -0.2) is 4.98 Å². The highest BCUT2D eigenvalue weighted by Crippen LogP contribution is 2.33. The number of aromatic nitrogens is 1. The van der Waals surface area contributed by atoms with Gasteiger partial charge in [0.25, 0.3) is 5.22 Å². The van der Waals surface area contributed by atoms with Crippen molar-refractivity contribution in [1.29, 1.82) is 0 Å². The number of oxazole rings is 1. The molecule has 1 aromatic carbocycles. The monoisotopic (exact) mass is 233 g/mol. The second-order valence-corrected chi connectivity index (χ2v) is 5.07. The molecule has 0 spiro atoms. The Morgan fingerprint density at radius 2 is 2.25 bits per heavy atom. The molecular formula is C12H11NO2S. The quantitative estimate of drug-likeness (QED) is 0.799. The smallest absolute Gasteiger partial charge is 0.257 e. The van der Waals surface area contributed by atoms with Crippen LogP contribution in [-0.4, -0.2) is 16.0 Å². The summed E-state index contributed by atoms with van der Waals surface area (Å²) < 4.78 is 5.58. The van der Waals surface area contributed by atoms with E-state index < -0.39 is 0 Å². The lowest BCUT2D eigenvalue weighted by molar-refractivity contribution is -0.116. The SMILES string of the molecule is O=C1CCCC1Sc1nc2ccccc2o1. The van der Waals surface area contributed by atoms with Gasteiger partial charge in [-0.05, 0) is 25.0 Å². The molecular weight excluding hydrogens is 222 g/mol. The number of nitrogens with zero attached hydrogens (tertiary/aromatic N) is 1. The molecule has 82 valence electrons. The maximum atomic E-state index is 11.5. The number of Topliss-reactive ketones (excluding diaryl/α,β-unsaturated/α-hetero) is 1. The van der Waals surface area contributed by atoms with Crippen LogP contribution in [0.25, 0.3) is 11.1 Å². The van der Waals surface area contributed by atoms with Crippen LogP contribution in [0.3, 0.4) is 0 Å². The predicted octanol–water partition coefficient (Wildman–Crippen LogP) is 3.04. The largest absolute Gasteiger partial charge is 0.431 e. The van der Waals surface area contributed by atoms with Gasteiger partial charge in [-0.15, -0.1) is 0 Å². The lowest BCUT2D eigenvalue weighted by Gasteiger charge is -2.01. The molecule has 1 heterocycles. The molecule has 0 N–H and O–H groups in total. The van der Waals surface area contributed by atoms with Gasteiger partial charge in [0.15, 0.2) is 5.58 Å². The first-order valence-corrected chi connectivity index (χ1v) is 6.26. The number of ketones is 1. The van der Waals surface area contributed by atoms with Crippen LogP contribution < -0.4 is 0 Å². The molecule has 0 saturated heterocycles. The van der Waals surface area contributed by atoms with Crippen molar-refractivity contribution in [3.8, 4) is 0 Å². The van der Waals surface area contributed by atoms with Crippen LogP contribution in [0.2, 0.25) is 0 Å². The normalized spacial score (nSPS) is 20.8. The molecule has 0 radical (unpaired) electrons. The van der Waals surface area contributed by atoms with Gasteiger partial charge >= 0.3 is 0 Å². The molecule has 1 aromatic heterocycles. The summed E-state index contributed by atoms with van der Waals surface area (Å²) in [7, 11) is 0. The van der Waals surface area contributed by atoms with E-state index in [-0.39, 0.29) is 5.25 Å². The third-order valence-electron chi connectivity index (χ3n) is 2.77. The number of hydrogen-bond acceptors (Lipinski definition) is 4. The van der Waals surface area contributed by atoms with Crippen molar-refractivity contribution >= 4 is 28.6 Å². The number of rotatable bonds is 2. The Kier molecular flexibility index (Phi) is 2.44. The summed E-state index contributed by atoms with van der Waals surface area (Å²) in [6.07, 6.45) is 2.65. The molecule has 2 aromatic rings. The number of para-hydroxylation sites is 2. The molecule has 3 nitrogen and oxygen atoms in total. The number of fused-ring (bicyclic) bond motifs is 1. The highest BCUT2D eigenvalue weighted by Gasteiger charge is 2.27. The number of thioether (sulfide) groups is 1. The summed E-state index contributed by atoms with van der Waals surface area (Å²) >= 11 is 1.46. The van der Waals surface area contributed by atoms with Gasteiger partial charge in [-0.1, -0.05) is 23.9 Å². The molecule has 4 heteroatoms. The summed E-state index contributed by atoms with van der Waals surface area (Å²) in [5, 5.41) is 0.662. The van der Waals surface area contributed by atoms with Gasteiger partial charge < -0.3 is 4.42 Å². The zero-order valence-corrected chi connectivity index (χ0v) is 9.50. The summed E-state index contributed by atoms with van der Waals surface area (Å²) in [5.41, 5.74) is 1.64. The molecule has 1 atom stereocenters. The Hall–Kier alpha value is -1.29. The Bertz CT molecular complexity index is 502.